The van der Waals surface area contributed by atoms with E-state index in [1.54, 1.807) is 0 Å². The number of hydrogen-bond acceptors (Lipinski definition) is 3. The van der Waals surface area contributed by atoms with Crippen LogP contribution in [-0.2, 0) is 4.79 Å². The first-order valence-electron chi connectivity index (χ1n) is 6.95. The molecule has 4 nitrogen and oxygen atoms in total. The number of nitrogens with zero attached hydrogens (tertiary/aromatic N) is 1. The van der Waals surface area contributed by atoms with Crippen LogP contribution in [0.25, 0.3) is 0 Å². The summed E-state index contributed by atoms with van der Waals surface area (Å²) in [4.78, 5) is 14.1. The summed E-state index contributed by atoms with van der Waals surface area (Å²) in [5, 5.41) is 6.63. The van der Waals surface area contributed by atoms with Gasteiger partial charge in [-0.3, -0.25) is 4.79 Å². The van der Waals surface area contributed by atoms with Crippen molar-refractivity contribution >= 4 is 5.91 Å². The Hall–Kier alpha value is -0.610. The monoisotopic (exact) mass is 239 g/mol. The Morgan fingerprint density at radius 1 is 1.41 bits per heavy atom. The Bertz CT molecular complexity index is 251. The molecule has 4 heteroatoms. The standard InChI is InChI=1S/C13H25N3O/c1-16-9-7-12(10-16)15-13(17)6-5-11-4-2-3-8-14-11/h11-12,14H,2-10H2,1H3,(H,15,17). The van der Waals surface area contributed by atoms with Crippen LogP contribution < -0.4 is 10.6 Å². The van der Waals surface area contributed by atoms with Gasteiger partial charge in [0.05, 0.1) is 0 Å². The van der Waals surface area contributed by atoms with Gasteiger partial charge in [-0.15, -0.1) is 0 Å². The number of amides is 1. The highest BCUT2D eigenvalue weighted by Gasteiger charge is 2.21. The molecular formula is C13H25N3O. The molecule has 2 unspecified atom stereocenters. The Labute approximate surface area is 104 Å². The molecule has 17 heavy (non-hydrogen) atoms. The number of likely N-dealkylation sites (tertiary alicyclic amines) is 1. The maximum Gasteiger partial charge on any atom is 0.220 e. The van der Waals surface area contributed by atoms with E-state index in [0.717, 1.165) is 32.5 Å². The second-order valence-corrected chi connectivity index (χ2v) is 5.50. The van der Waals surface area contributed by atoms with Crippen molar-refractivity contribution in [3.05, 3.63) is 0 Å². The van der Waals surface area contributed by atoms with Gasteiger partial charge in [0.1, 0.15) is 0 Å². The molecule has 98 valence electrons. The van der Waals surface area contributed by atoms with Gasteiger partial charge in [-0.1, -0.05) is 6.42 Å². The zero-order chi connectivity index (χ0) is 12.1. The van der Waals surface area contributed by atoms with Crippen molar-refractivity contribution < 1.29 is 4.79 Å². The second kappa shape index (κ2) is 6.36. The van der Waals surface area contributed by atoms with Crippen molar-refractivity contribution in [3.8, 4) is 0 Å². The molecule has 0 aliphatic carbocycles. The first-order valence-corrected chi connectivity index (χ1v) is 6.95. The van der Waals surface area contributed by atoms with Crippen LogP contribution in [0.5, 0.6) is 0 Å². The van der Waals surface area contributed by atoms with Crippen molar-refractivity contribution in [3.63, 3.8) is 0 Å². The molecule has 2 fully saturated rings. The topological polar surface area (TPSA) is 44.4 Å². The van der Waals surface area contributed by atoms with Gasteiger partial charge in [0.2, 0.25) is 5.91 Å². The van der Waals surface area contributed by atoms with E-state index in [-0.39, 0.29) is 5.91 Å². The van der Waals surface area contributed by atoms with Gasteiger partial charge in [0.25, 0.3) is 0 Å². The van der Waals surface area contributed by atoms with Crippen LogP contribution in [0.1, 0.15) is 38.5 Å². The van der Waals surface area contributed by atoms with E-state index in [1.165, 1.54) is 19.3 Å². The molecule has 2 rings (SSSR count). The lowest BCUT2D eigenvalue weighted by molar-refractivity contribution is -0.121. The van der Waals surface area contributed by atoms with E-state index >= 15 is 0 Å². The minimum absolute atomic E-state index is 0.234. The largest absolute Gasteiger partial charge is 0.352 e. The molecule has 0 bridgehead atoms. The maximum atomic E-state index is 11.8. The van der Waals surface area contributed by atoms with Gasteiger partial charge in [-0.2, -0.15) is 0 Å². The lowest BCUT2D eigenvalue weighted by Gasteiger charge is -2.23. The van der Waals surface area contributed by atoms with E-state index in [1.807, 2.05) is 0 Å². The van der Waals surface area contributed by atoms with E-state index in [4.69, 9.17) is 0 Å². The summed E-state index contributed by atoms with van der Waals surface area (Å²) in [7, 11) is 2.11. The molecule has 0 spiro atoms. The van der Waals surface area contributed by atoms with Gasteiger partial charge < -0.3 is 15.5 Å². The van der Waals surface area contributed by atoms with Crippen LogP contribution in [0, 0.1) is 0 Å². The number of carbonyl (C=O) groups is 1. The van der Waals surface area contributed by atoms with E-state index < -0.39 is 0 Å². The fourth-order valence-electron chi connectivity index (χ4n) is 2.83. The Kier molecular flexibility index (Phi) is 4.80. The first kappa shape index (κ1) is 12.8. The van der Waals surface area contributed by atoms with Crippen LogP contribution in [0.15, 0.2) is 0 Å². The number of piperidine rings is 1. The quantitative estimate of drug-likeness (QED) is 0.760. The Morgan fingerprint density at radius 3 is 2.94 bits per heavy atom. The molecule has 0 aromatic rings. The summed E-state index contributed by atoms with van der Waals surface area (Å²) >= 11 is 0. The minimum Gasteiger partial charge on any atom is -0.352 e. The maximum absolute atomic E-state index is 11.8. The van der Waals surface area contributed by atoms with Crippen LogP contribution in [0.4, 0.5) is 0 Å². The summed E-state index contributed by atoms with van der Waals surface area (Å²) in [5.41, 5.74) is 0. The van der Waals surface area contributed by atoms with Crippen LogP contribution in [0.3, 0.4) is 0 Å². The molecule has 0 radical (unpaired) electrons. The molecule has 2 N–H and O–H groups in total. The predicted molar refractivity (Wildman–Crippen MR) is 68.9 cm³/mol. The average Bonchev–Trinajstić information content (AvgIpc) is 2.73. The molecule has 2 aliphatic heterocycles. The average molecular weight is 239 g/mol. The smallest absolute Gasteiger partial charge is 0.220 e. The summed E-state index contributed by atoms with van der Waals surface area (Å²) in [5.74, 6) is 0.234. The number of hydrogen-bond donors (Lipinski definition) is 2. The van der Waals surface area contributed by atoms with Gasteiger partial charge in [-0.05, 0) is 45.8 Å². The van der Waals surface area contributed by atoms with Crippen LogP contribution in [0.2, 0.25) is 0 Å². The summed E-state index contributed by atoms with van der Waals surface area (Å²) in [6.07, 6.45) is 6.61. The highest BCUT2D eigenvalue weighted by Crippen LogP contribution is 2.12. The third-order valence-electron chi connectivity index (χ3n) is 3.89. The number of carbonyl (C=O) groups excluding carboxylic acids is 1. The molecule has 2 saturated heterocycles. The highest BCUT2D eigenvalue weighted by atomic mass is 16.1. The molecular weight excluding hydrogens is 214 g/mol. The lowest BCUT2D eigenvalue weighted by Crippen LogP contribution is -2.38. The Balaban J connectivity index is 1.60. The number of nitrogens with one attached hydrogen (secondary N) is 2. The van der Waals surface area contributed by atoms with E-state index in [9.17, 15) is 4.79 Å². The van der Waals surface area contributed by atoms with Crippen LogP contribution >= 0.6 is 0 Å². The fourth-order valence-corrected chi connectivity index (χ4v) is 2.83. The van der Waals surface area contributed by atoms with Crippen molar-refractivity contribution in [1.29, 1.82) is 0 Å². The zero-order valence-corrected chi connectivity index (χ0v) is 10.9. The summed E-state index contributed by atoms with van der Waals surface area (Å²) < 4.78 is 0. The predicted octanol–water partition coefficient (Wildman–Crippen LogP) is 0.729. The van der Waals surface area contributed by atoms with Gasteiger partial charge in [0, 0.05) is 25.0 Å². The van der Waals surface area contributed by atoms with Crippen molar-refractivity contribution in [1.82, 2.24) is 15.5 Å². The van der Waals surface area contributed by atoms with Gasteiger partial charge >= 0.3 is 0 Å². The molecule has 1 amide bonds. The molecule has 2 heterocycles. The van der Waals surface area contributed by atoms with Crippen molar-refractivity contribution in [2.24, 2.45) is 0 Å². The molecule has 0 aromatic heterocycles. The number of rotatable bonds is 4. The second-order valence-electron chi connectivity index (χ2n) is 5.50. The fraction of sp³-hybridized carbons (Fsp3) is 0.923. The Morgan fingerprint density at radius 2 is 2.29 bits per heavy atom. The zero-order valence-electron chi connectivity index (χ0n) is 10.9. The third-order valence-corrected chi connectivity index (χ3v) is 3.89. The number of likely N-dealkylation sites (N-methyl/N-ethyl adjacent to an activating group) is 1. The van der Waals surface area contributed by atoms with E-state index in [2.05, 4.69) is 22.6 Å². The van der Waals surface area contributed by atoms with Crippen molar-refractivity contribution in [2.45, 2.75) is 50.6 Å². The van der Waals surface area contributed by atoms with E-state index in [0.29, 0.717) is 18.5 Å². The highest BCUT2D eigenvalue weighted by molar-refractivity contribution is 5.76. The lowest BCUT2D eigenvalue weighted by atomic mass is 10.0. The van der Waals surface area contributed by atoms with Gasteiger partial charge in [0.15, 0.2) is 0 Å². The van der Waals surface area contributed by atoms with Crippen molar-refractivity contribution in [2.75, 3.05) is 26.7 Å². The molecule has 2 aliphatic rings. The minimum atomic E-state index is 0.234. The van der Waals surface area contributed by atoms with Gasteiger partial charge in [-0.25, -0.2) is 0 Å². The first-order chi connectivity index (χ1) is 8.24. The van der Waals surface area contributed by atoms with Crippen LogP contribution in [-0.4, -0.2) is 49.6 Å². The summed E-state index contributed by atoms with van der Waals surface area (Å²) in [6.45, 7) is 3.24. The SMILES string of the molecule is CN1CCC(NC(=O)CCC2CCCCN2)C1. The summed E-state index contributed by atoms with van der Waals surface area (Å²) in [6, 6.07) is 0.951. The third kappa shape index (κ3) is 4.28. The molecule has 0 saturated carbocycles. The molecule has 0 aromatic carbocycles. The molecule has 2 atom stereocenters. The normalized spacial score (nSPS) is 30.4.